The van der Waals surface area contributed by atoms with Gasteiger partial charge < -0.3 is 9.88 Å². The third-order valence-corrected chi connectivity index (χ3v) is 3.46. The molecule has 1 aromatic carbocycles. The first-order valence-corrected chi connectivity index (χ1v) is 7.64. The summed E-state index contributed by atoms with van der Waals surface area (Å²) >= 11 is 9.35. The highest BCUT2D eigenvalue weighted by molar-refractivity contribution is 9.10. The second-order valence-electron chi connectivity index (χ2n) is 5.68. The Hall–Kier alpha value is -1.07. The van der Waals surface area contributed by atoms with Crippen LogP contribution in [0.15, 0.2) is 22.7 Å². The zero-order valence-electron chi connectivity index (χ0n) is 11.7. The maximum atomic E-state index is 12.1. The minimum Gasteiger partial charge on any atom is -0.350 e. The molecule has 1 aromatic heterocycles. The fourth-order valence-corrected chi connectivity index (χ4v) is 2.59. The fourth-order valence-electron chi connectivity index (χ4n) is 2.03. The lowest BCUT2D eigenvalue weighted by atomic mass is 10.1. The predicted octanol–water partition coefficient (Wildman–Crippen LogP) is 3.45. The van der Waals surface area contributed by atoms with Gasteiger partial charge in [0.1, 0.15) is 12.4 Å². The van der Waals surface area contributed by atoms with Gasteiger partial charge in [-0.05, 0) is 39.0 Å². The normalized spacial score (nSPS) is 11.8. The van der Waals surface area contributed by atoms with Gasteiger partial charge in [-0.3, -0.25) is 4.79 Å². The number of amides is 1. The number of rotatable bonds is 3. The van der Waals surface area contributed by atoms with Gasteiger partial charge in [-0.15, -0.1) is 11.6 Å². The van der Waals surface area contributed by atoms with Gasteiger partial charge in [-0.25, -0.2) is 4.98 Å². The van der Waals surface area contributed by atoms with Crippen LogP contribution in [0.1, 0.15) is 26.6 Å². The number of carbonyl (C=O) groups is 1. The van der Waals surface area contributed by atoms with Crippen molar-refractivity contribution in [1.29, 1.82) is 0 Å². The molecule has 0 aliphatic rings. The molecule has 0 unspecified atom stereocenters. The van der Waals surface area contributed by atoms with E-state index in [-0.39, 0.29) is 23.9 Å². The van der Waals surface area contributed by atoms with E-state index in [1.165, 1.54) is 0 Å². The lowest BCUT2D eigenvalue weighted by Crippen LogP contribution is -2.42. The Morgan fingerprint density at radius 1 is 1.45 bits per heavy atom. The molecule has 0 fully saturated rings. The Morgan fingerprint density at radius 2 is 2.15 bits per heavy atom. The number of benzene rings is 1. The van der Waals surface area contributed by atoms with Crippen LogP contribution in [0.2, 0.25) is 0 Å². The van der Waals surface area contributed by atoms with Crippen molar-refractivity contribution < 1.29 is 4.79 Å². The molecule has 6 heteroatoms. The summed E-state index contributed by atoms with van der Waals surface area (Å²) in [6, 6.07) is 5.79. The lowest BCUT2D eigenvalue weighted by Gasteiger charge is -2.21. The Morgan fingerprint density at radius 3 is 2.75 bits per heavy atom. The number of nitrogens with one attached hydrogen (secondary N) is 1. The van der Waals surface area contributed by atoms with Crippen molar-refractivity contribution in [2.75, 3.05) is 0 Å². The van der Waals surface area contributed by atoms with Crippen LogP contribution in [-0.2, 0) is 17.2 Å². The van der Waals surface area contributed by atoms with Gasteiger partial charge >= 0.3 is 0 Å². The van der Waals surface area contributed by atoms with Crippen LogP contribution in [0.5, 0.6) is 0 Å². The highest BCUT2D eigenvalue weighted by Gasteiger charge is 2.17. The molecule has 108 valence electrons. The van der Waals surface area contributed by atoms with Gasteiger partial charge in [0.05, 0.1) is 16.9 Å². The monoisotopic (exact) mass is 357 g/mol. The summed E-state index contributed by atoms with van der Waals surface area (Å²) < 4.78 is 2.81. The fraction of sp³-hybridized carbons (Fsp3) is 0.429. The van der Waals surface area contributed by atoms with Crippen LogP contribution in [0.4, 0.5) is 0 Å². The molecule has 1 N–H and O–H groups in total. The smallest absolute Gasteiger partial charge is 0.240 e. The number of fused-ring (bicyclic) bond motifs is 1. The maximum absolute atomic E-state index is 12.1. The minimum atomic E-state index is -0.252. The first-order valence-electron chi connectivity index (χ1n) is 6.32. The quantitative estimate of drug-likeness (QED) is 0.854. The number of alkyl halides is 1. The molecular formula is C14H17BrClN3O. The third kappa shape index (κ3) is 3.52. The molecule has 0 saturated carbocycles. The van der Waals surface area contributed by atoms with E-state index in [1.54, 1.807) is 0 Å². The number of nitrogens with zero attached hydrogens (tertiary/aromatic N) is 2. The molecule has 4 nitrogen and oxygen atoms in total. The van der Waals surface area contributed by atoms with Crippen LogP contribution in [-0.4, -0.2) is 21.0 Å². The average Bonchev–Trinajstić information content (AvgIpc) is 2.64. The first-order chi connectivity index (χ1) is 9.30. The van der Waals surface area contributed by atoms with Crippen molar-refractivity contribution in [2.24, 2.45) is 0 Å². The third-order valence-electron chi connectivity index (χ3n) is 2.72. The minimum absolute atomic E-state index is 0.0499. The standard InChI is InChI=1S/C14H17BrClN3O/c1-14(2,3)18-13(20)8-19-11-5-4-9(15)6-10(11)17-12(19)7-16/h4-6H,7-8H2,1-3H3,(H,18,20). The Labute approximate surface area is 131 Å². The number of halogens is 2. The predicted molar refractivity (Wildman–Crippen MR) is 84.9 cm³/mol. The first kappa shape index (κ1) is 15.3. The van der Waals surface area contributed by atoms with Crippen molar-refractivity contribution >= 4 is 44.5 Å². The van der Waals surface area contributed by atoms with Crippen LogP contribution in [0, 0.1) is 0 Å². The zero-order chi connectivity index (χ0) is 14.9. The van der Waals surface area contributed by atoms with E-state index >= 15 is 0 Å². The van der Waals surface area contributed by atoms with Crippen LogP contribution >= 0.6 is 27.5 Å². The summed E-state index contributed by atoms with van der Waals surface area (Å²) in [7, 11) is 0. The molecule has 2 aromatic rings. The van der Waals surface area contributed by atoms with Gasteiger partial charge in [-0.1, -0.05) is 15.9 Å². The van der Waals surface area contributed by atoms with Gasteiger partial charge in [0.2, 0.25) is 5.91 Å². The van der Waals surface area contributed by atoms with E-state index in [0.29, 0.717) is 5.82 Å². The van der Waals surface area contributed by atoms with Gasteiger partial charge in [-0.2, -0.15) is 0 Å². The van der Waals surface area contributed by atoms with Gasteiger partial charge in [0.25, 0.3) is 0 Å². The topological polar surface area (TPSA) is 46.9 Å². The molecule has 1 heterocycles. The molecule has 0 atom stereocenters. The molecule has 0 saturated heterocycles. The average molecular weight is 359 g/mol. The summed E-state index contributed by atoms with van der Waals surface area (Å²) in [6.07, 6.45) is 0. The second kappa shape index (κ2) is 5.74. The van der Waals surface area contributed by atoms with Crippen molar-refractivity contribution in [2.45, 2.75) is 38.7 Å². The molecule has 0 aliphatic carbocycles. The Kier molecular flexibility index (Phi) is 4.39. The number of aromatic nitrogens is 2. The van der Waals surface area contributed by atoms with Gasteiger partial charge in [0.15, 0.2) is 0 Å². The molecule has 0 aliphatic heterocycles. The van der Waals surface area contributed by atoms with E-state index in [9.17, 15) is 4.79 Å². The summed E-state index contributed by atoms with van der Waals surface area (Å²) in [6.45, 7) is 6.08. The van der Waals surface area contributed by atoms with Gasteiger partial charge in [0, 0.05) is 10.0 Å². The largest absolute Gasteiger partial charge is 0.350 e. The molecule has 0 bridgehead atoms. The maximum Gasteiger partial charge on any atom is 0.240 e. The number of hydrogen-bond acceptors (Lipinski definition) is 2. The van der Waals surface area contributed by atoms with E-state index < -0.39 is 0 Å². The lowest BCUT2D eigenvalue weighted by molar-refractivity contribution is -0.123. The highest BCUT2D eigenvalue weighted by atomic mass is 79.9. The molecule has 1 amide bonds. The summed E-state index contributed by atoms with van der Waals surface area (Å²) in [5.74, 6) is 0.921. The van der Waals surface area contributed by atoms with Crippen LogP contribution in [0.25, 0.3) is 11.0 Å². The second-order valence-corrected chi connectivity index (χ2v) is 6.86. The zero-order valence-corrected chi connectivity index (χ0v) is 14.0. The van der Waals surface area contributed by atoms with Crippen LogP contribution in [0.3, 0.4) is 0 Å². The van der Waals surface area contributed by atoms with E-state index in [1.807, 2.05) is 43.5 Å². The van der Waals surface area contributed by atoms with Crippen molar-refractivity contribution in [3.63, 3.8) is 0 Å². The Bertz CT molecular complexity index is 646. The molecule has 20 heavy (non-hydrogen) atoms. The summed E-state index contributed by atoms with van der Waals surface area (Å²) in [5, 5.41) is 2.94. The van der Waals surface area contributed by atoms with Crippen LogP contribution < -0.4 is 5.32 Å². The van der Waals surface area contributed by atoms with Crippen molar-refractivity contribution in [3.8, 4) is 0 Å². The van der Waals surface area contributed by atoms with E-state index in [2.05, 4.69) is 26.2 Å². The number of imidazole rings is 1. The number of carbonyl (C=O) groups excluding carboxylic acids is 1. The number of hydrogen-bond donors (Lipinski definition) is 1. The Balaban J connectivity index is 2.35. The highest BCUT2D eigenvalue weighted by Crippen LogP contribution is 2.21. The molecular weight excluding hydrogens is 342 g/mol. The molecule has 0 radical (unpaired) electrons. The SMILES string of the molecule is CC(C)(C)NC(=O)Cn1c(CCl)nc2cc(Br)ccc21. The summed E-state index contributed by atoms with van der Waals surface area (Å²) in [4.78, 5) is 16.6. The van der Waals surface area contributed by atoms with Crippen molar-refractivity contribution in [3.05, 3.63) is 28.5 Å². The molecule has 0 spiro atoms. The van der Waals surface area contributed by atoms with E-state index in [4.69, 9.17) is 11.6 Å². The van der Waals surface area contributed by atoms with E-state index in [0.717, 1.165) is 15.5 Å². The molecule has 2 rings (SSSR count). The summed E-state index contributed by atoms with van der Waals surface area (Å²) in [5.41, 5.74) is 1.49. The van der Waals surface area contributed by atoms with Crippen molar-refractivity contribution in [1.82, 2.24) is 14.9 Å².